The van der Waals surface area contributed by atoms with Crippen molar-refractivity contribution < 1.29 is 19.1 Å². The summed E-state index contributed by atoms with van der Waals surface area (Å²) in [6.07, 6.45) is -1.02. The minimum Gasteiger partial charge on any atom is -0.444 e. The fraction of sp³-hybridized carbons (Fsp3) is 0.364. The molecule has 34 heavy (non-hydrogen) atoms. The maximum atomic E-state index is 12.3. The number of ether oxygens (including phenoxy) is 2. The van der Waals surface area contributed by atoms with E-state index in [1.807, 2.05) is 23.6 Å². The molecule has 3 aromatic heterocycles. The van der Waals surface area contributed by atoms with E-state index >= 15 is 0 Å². The van der Waals surface area contributed by atoms with Crippen molar-refractivity contribution in [1.29, 1.82) is 10.5 Å². The van der Waals surface area contributed by atoms with Gasteiger partial charge in [0, 0.05) is 22.2 Å². The molecule has 0 saturated heterocycles. The molecular formula is C22H22N6O4S2. The van der Waals surface area contributed by atoms with Crippen LogP contribution in [0.1, 0.15) is 48.8 Å². The first-order valence-corrected chi connectivity index (χ1v) is 11.9. The predicted molar refractivity (Wildman–Crippen MR) is 127 cm³/mol. The Morgan fingerprint density at radius 2 is 1.97 bits per heavy atom. The number of fused-ring (bicyclic) bond motifs is 1. The molecule has 3 heterocycles. The highest BCUT2D eigenvalue weighted by molar-refractivity contribution is 7.19. The van der Waals surface area contributed by atoms with Crippen LogP contribution in [0.4, 0.5) is 9.59 Å². The molecule has 1 atom stereocenters. The second-order valence-electron chi connectivity index (χ2n) is 8.23. The lowest BCUT2D eigenvalue weighted by Crippen LogP contribution is -2.38. The number of carbonyl (C=O) groups is 2. The van der Waals surface area contributed by atoms with Crippen molar-refractivity contribution in [3.05, 3.63) is 38.7 Å². The number of amides is 2. The molecular weight excluding hydrogens is 476 g/mol. The summed E-state index contributed by atoms with van der Waals surface area (Å²) in [5.41, 5.74) is -0.182. The van der Waals surface area contributed by atoms with Crippen molar-refractivity contribution in [3.8, 4) is 18.0 Å². The third kappa shape index (κ3) is 6.41. The average molecular weight is 499 g/mol. The molecule has 0 aliphatic rings. The van der Waals surface area contributed by atoms with Gasteiger partial charge < -0.3 is 20.1 Å². The van der Waals surface area contributed by atoms with Crippen LogP contribution in [0.5, 0.6) is 5.88 Å². The van der Waals surface area contributed by atoms with Crippen molar-refractivity contribution in [2.24, 2.45) is 0 Å². The number of rotatable bonds is 6. The number of aromatic nitrogens is 2. The van der Waals surface area contributed by atoms with Gasteiger partial charge in [-0.3, -0.25) is 0 Å². The maximum Gasteiger partial charge on any atom is 0.414 e. The van der Waals surface area contributed by atoms with E-state index in [4.69, 9.17) is 9.47 Å². The van der Waals surface area contributed by atoms with Crippen LogP contribution in [0, 0.1) is 22.7 Å². The molecule has 2 N–H and O–H groups in total. The molecule has 10 nitrogen and oxygen atoms in total. The van der Waals surface area contributed by atoms with Gasteiger partial charge in [-0.05, 0) is 39.1 Å². The summed E-state index contributed by atoms with van der Waals surface area (Å²) in [6.45, 7) is 7.35. The van der Waals surface area contributed by atoms with Crippen molar-refractivity contribution in [1.82, 2.24) is 20.6 Å². The minimum absolute atomic E-state index is 0.106. The summed E-state index contributed by atoms with van der Waals surface area (Å²) in [4.78, 5) is 34.1. The fourth-order valence-electron chi connectivity index (χ4n) is 2.91. The normalized spacial score (nSPS) is 11.8. The SMILES string of the molecule is C[C@@H](Cc1sc2c(OC(=O)NCc3cccs3)nc(C#N)nc2c1C#N)NC(=O)OC(C)(C)C. The number of carbonyl (C=O) groups excluding carboxylic acids is 2. The smallest absolute Gasteiger partial charge is 0.414 e. The topological polar surface area (TPSA) is 150 Å². The molecule has 3 aromatic rings. The molecule has 0 aliphatic carbocycles. The van der Waals surface area contributed by atoms with Gasteiger partial charge in [0.2, 0.25) is 11.7 Å². The molecule has 176 valence electrons. The van der Waals surface area contributed by atoms with E-state index < -0.39 is 17.8 Å². The zero-order chi connectivity index (χ0) is 24.9. The molecule has 0 radical (unpaired) electrons. The number of nitriles is 2. The Bertz CT molecular complexity index is 1280. The van der Waals surface area contributed by atoms with Crippen LogP contribution in [0.25, 0.3) is 10.2 Å². The Hall–Kier alpha value is -3.74. The summed E-state index contributed by atoms with van der Waals surface area (Å²) in [7, 11) is 0. The van der Waals surface area contributed by atoms with Crippen LogP contribution in [0.2, 0.25) is 0 Å². The van der Waals surface area contributed by atoms with Gasteiger partial charge in [0.05, 0.1) is 12.1 Å². The molecule has 12 heteroatoms. The van der Waals surface area contributed by atoms with E-state index in [0.717, 1.165) is 4.88 Å². The van der Waals surface area contributed by atoms with E-state index in [-0.39, 0.29) is 35.4 Å². The standard InChI is InChI=1S/C22H22N6O4S2/c1-12(26-21(30)32-22(2,3)4)8-15-14(9-23)17-18(34-15)19(28-16(10-24)27-17)31-20(29)25-11-13-6-5-7-33-13/h5-7,12H,8,11H2,1-4H3,(H,25,29)(H,26,30)/t12-/m0/s1. The average Bonchev–Trinajstić information content (AvgIpc) is 3.38. The van der Waals surface area contributed by atoms with Gasteiger partial charge in [-0.15, -0.1) is 22.7 Å². The molecule has 0 unspecified atom stereocenters. The number of hydrogen-bond donors (Lipinski definition) is 2. The Labute approximate surface area is 204 Å². The molecule has 0 fully saturated rings. The second kappa shape index (κ2) is 10.5. The monoisotopic (exact) mass is 498 g/mol. The first-order valence-electron chi connectivity index (χ1n) is 10.2. The Morgan fingerprint density at radius 3 is 2.59 bits per heavy atom. The van der Waals surface area contributed by atoms with Gasteiger partial charge in [0.25, 0.3) is 0 Å². The van der Waals surface area contributed by atoms with Gasteiger partial charge in [0.15, 0.2) is 0 Å². The van der Waals surface area contributed by atoms with E-state index in [9.17, 15) is 20.1 Å². The minimum atomic E-state index is -0.745. The van der Waals surface area contributed by atoms with Crippen molar-refractivity contribution in [2.45, 2.75) is 52.3 Å². The molecule has 0 bridgehead atoms. The second-order valence-corrected chi connectivity index (χ2v) is 10.4. The number of hydrogen-bond acceptors (Lipinski definition) is 10. The van der Waals surface area contributed by atoms with E-state index in [1.54, 1.807) is 27.7 Å². The summed E-state index contributed by atoms with van der Waals surface area (Å²) in [5.74, 6) is -0.333. The van der Waals surface area contributed by atoms with E-state index in [2.05, 4.69) is 26.7 Å². The van der Waals surface area contributed by atoms with Gasteiger partial charge >= 0.3 is 12.2 Å². The van der Waals surface area contributed by atoms with Crippen LogP contribution in [0.15, 0.2) is 17.5 Å². The zero-order valence-corrected chi connectivity index (χ0v) is 20.6. The molecule has 0 aliphatic heterocycles. The van der Waals surface area contributed by atoms with Crippen LogP contribution in [-0.4, -0.2) is 33.8 Å². The highest BCUT2D eigenvalue weighted by atomic mass is 32.1. The first-order chi connectivity index (χ1) is 16.1. The van der Waals surface area contributed by atoms with Gasteiger partial charge in [-0.2, -0.15) is 15.5 Å². The zero-order valence-electron chi connectivity index (χ0n) is 19.0. The highest BCUT2D eigenvalue weighted by Gasteiger charge is 2.24. The quantitative estimate of drug-likeness (QED) is 0.512. The Morgan fingerprint density at radius 1 is 1.21 bits per heavy atom. The van der Waals surface area contributed by atoms with Gasteiger partial charge in [-0.25, -0.2) is 14.6 Å². The Kier molecular flexibility index (Phi) is 7.66. The van der Waals surface area contributed by atoms with Crippen LogP contribution in [-0.2, 0) is 17.7 Å². The van der Waals surface area contributed by atoms with E-state index in [0.29, 0.717) is 16.0 Å². The van der Waals surface area contributed by atoms with Crippen LogP contribution in [0.3, 0.4) is 0 Å². The summed E-state index contributed by atoms with van der Waals surface area (Å²) >= 11 is 2.66. The van der Waals surface area contributed by atoms with Crippen LogP contribution < -0.4 is 15.4 Å². The lowest BCUT2D eigenvalue weighted by atomic mass is 10.1. The number of thiophene rings is 2. The molecule has 2 amide bonds. The number of nitrogens with zero attached hydrogens (tertiary/aromatic N) is 4. The first kappa shape index (κ1) is 24.9. The lowest BCUT2D eigenvalue weighted by Gasteiger charge is -2.21. The van der Waals surface area contributed by atoms with Crippen LogP contribution >= 0.6 is 22.7 Å². The Balaban J connectivity index is 1.84. The predicted octanol–water partition coefficient (Wildman–Crippen LogP) is 4.24. The van der Waals surface area contributed by atoms with E-state index in [1.165, 1.54) is 22.7 Å². The van der Waals surface area contributed by atoms with Gasteiger partial charge in [-0.1, -0.05) is 6.07 Å². The van der Waals surface area contributed by atoms with Crippen molar-refractivity contribution in [2.75, 3.05) is 0 Å². The number of alkyl carbamates (subject to hydrolysis) is 1. The fourth-order valence-corrected chi connectivity index (χ4v) is 4.80. The summed E-state index contributed by atoms with van der Waals surface area (Å²) in [5, 5.41) is 26.3. The van der Waals surface area contributed by atoms with Gasteiger partial charge in [0.1, 0.15) is 28.0 Å². The largest absolute Gasteiger partial charge is 0.444 e. The molecule has 0 spiro atoms. The van der Waals surface area contributed by atoms with Crippen molar-refractivity contribution in [3.63, 3.8) is 0 Å². The lowest BCUT2D eigenvalue weighted by molar-refractivity contribution is 0.0508. The third-order valence-corrected chi connectivity index (χ3v) is 6.28. The molecule has 3 rings (SSSR count). The number of nitrogens with one attached hydrogen (secondary N) is 2. The maximum absolute atomic E-state index is 12.3. The summed E-state index contributed by atoms with van der Waals surface area (Å²) in [6, 6.07) is 7.31. The van der Waals surface area contributed by atoms with Crippen molar-refractivity contribution >= 4 is 45.1 Å². The molecule has 0 aromatic carbocycles. The highest BCUT2D eigenvalue weighted by Crippen LogP contribution is 2.36. The third-order valence-electron chi connectivity index (χ3n) is 4.22. The summed E-state index contributed by atoms with van der Waals surface area (Å²) < 4.78 is 11.0. The molecule has 0 saturated carbocycles.